The van der Waals surface area contributed by atoms with E-state index in [0.29, 0.717) is 16.5 Å². The van der Waals surface area contributed by atoms with Gasteiger partial charge in [0.15, 0.2) is 10.8 Å². The van der Waals surface area contributed by atoms with Crippen molar-refractivity contribution >= 4 is 40.6 Å². The Labute approximate surface area is 159 Å². The highest BCUT2D eigenvalue weighted by Crippen LogP contribution is 2.26. The van der Waals surface area contributed by atoms with Gasteiger partial charge in [0.1, 0.15) is 0 Å². The van der Waals surface area contributed by atoms with Gasteiger partial charge in [0.25, 0.3) is 0 Å². The largest absolute Gasteiger partial charge is 0.462 e. The minimum absolute atomic E-state index is 0.0149. The van der Waals surface area contributed by atoms with Crippen LogP contribution >= 0.6 is 34.7 Å². The second-order valence-electron chi connectivity index (χ2n) is 5.42. The van der Waals surface area contributed by atoms with Crippen LogP contribution < -0.4 is 5.32 Å². The number of nitrogens with one attached hydrogen (secondary N) is 1. The number of halogens is 1. The third kappa shape index (κ3) is 4.87. The number of aromatic nitrogens is 1. The van der Waals surface area contributed by atoms with Crippen molar-refractivity contribution in [3.63, 3.8) is 0 Å². The van der Waals surface area contributed by atoms with Crippen LogP contribution in [0.25, 0.3) is 10.8 Å². The fourth-order valence-electron chi connectivity index (χ4n) is 2.32. The molecule has 7 heteroatoms. The van der Waals surface area contributed by atoms with Crippen LogP contribution in [0.15, 0.2) is 52.5 Å². The van der Waals surface area contributed by atoms with Crippen LogP contribution in [0.1, 0.15) is 24.2 Å². The quantitative estimate of drug-likeness (QED) is 0.602. The number of nitrogens with zero attached hydrogens (tertiary/aromatic N) is 1. The minimum Gasteiger partial charge on any atom is -0.462 e. The number of amides is 1. The van der Waals surface area contributed by atoms with Gasteiger partial charge in [-0.1, -0.05) is 29.8 Å². The number of thioether (sulfide) groups is 1. The van der Waals surface area contributed by atoms with E-state index in [4.69, 9.17) is 16.0 Å². The molecule has 1 N–H and O–H groups in total. The molecule has 0 fully saturated rings. The maximum absolute atomic E-state index is 12.1. The molecule has 4 nitrogen and oxygen atoms in total. The first-order valence-electron chi connectivity index (χ1n) is 7.73. The van der Waals surface area contributed by atoms with Gasteiger partial charge in [-0.05, 0) is 30.7 Å². The van der Waals surface area contributed by atoms with Crippen molar-refractivity contribution in [3.8, 4) is 10.8 Å². The molecule has 0 radical (unpaired) electrons. The molecule has 0 aliphatic heterocycles. The summed E-state index contributed by atoms with van der Waals surface area (Å²) in [5, 5.41) is 6.49. The van der Waals surface area contributed by atoms with Crippen molar-refractivity contribution in [2.24, 2.45) is 0 Å². The van der Waals surface area contributed by atoms with Gasteiger partial charge in [0.05, 0.1) is 23.8 Å². The molecule has 0 spiro atoms. The van der Waals surface area contributed by atoms with Gasteiger partial charge in [0, 0.05) is 16.2 Å². The Morgan fingerprint density at radius 3 is 2.96 bits per heavy atom. The van der Waals surface area contributed by atoms with Crippen LogP contribution in [0.4, 0.5) is 0 Å². The molecule has 0 aliphatic carbocycles. The highest BCUT2D eigenvalue weighted by atomic mass is 35.5. The summed E-state index contributed by atoms with van der Waals surface area (Å²) >= 11 is 9.24. The molecule has 0 saturated carbocycles. The maximum Gasteiger partial charge on any atom is 0.230 e. The number of benzene rings is 1. The van der Waals surface area contributed by atoms with E-state index in [1.807, 2.05) is 48.7 Å². The molecule has 2 heterocycles. The summed E-state index contributed by atoms with van der Waals surface area (Å²) < 4.78 is 5.34. The van der Waals surface area contributed by atoms with Crippen LogP contribution in [0.2, 0.25) is 5.02 Å². The lowest BCUT2D eigenvalue weighted by molar-refractivity contribution is -0.119. The van der Waals surface area contributed by atoms with Gasteiger partial charge in [-0.25, -0.2) is 4.98 Å². The molecule has 0 bridgehead atoms. The van der Waals surface area contributed by atoms with Crippen molar-refractivity contribution in [1.82, 2.24) is 10.3 Å². The zero-order valence-corrected chi connectivity index (χ0v) is 16.0. The minimum atomic E-state index is -0.119. The summed E-state index contributed by atoms with van der Waals surface area (Å²) in [6.45, 7) is 1.93. The summed E-state index contributed by atoms with van der Waals surface area (Å²) in [6, 6.07) is 11.2. The van der Waals surface area contributed by atoms with Crippen molar-refractivity contribution in [3.05, 3.63) is 64.3 Å². The van der Waals surface area contributed by atoms with E-state index < -0.39 is 0 Å². The molecule has 1 atom stereocenters. The number of thiazole rings is 1. The number of carbonyl (C=O) groups is 1. The summed E-state index contributed by atoms with van der Waals surface area (Å²) in [5.74, 6) is 1.82. The first kappa shape index (κ1) is 18.0. The average molecular weight is 393 g/mol. The predicted molar refractivity (Wildman–Crippen MR) is 104 cm³/mol. The fourth-order valence-corrected chi connectivity index (χ4v) is 4.24. The highest BCUT2D eigenvalue weighted by molar-refractivity contribution is 7.99. The first-order chi connectivity index (χ1) is 12.1. The van der Waals surface area contributed by atoms with Crippen molar-refractivity contribution in [1.29, 1.82) is 0 Å². The number of rotatable bonds is 7. The molecule has 130 valence electrons. The van der Waals surface area contributed by atoms with Crippen LogP contribution in [-0.4, -0.2) is 16.6 Å². The maximum atomic E-state index is 12.1. The number of hydrogen-bond donors (Lipinski definition) is 1. The van der Waals surface area contributed by atoms with E-state index >= 15 is 0 Å². The smallest absolute Gasteiger partial charge is 0.230 e. The van der Waals surface area contributed by atoms with Crippen LogP contribution in [0, 0.1) is 0 Å². The lowest BCUT2D eigenvalue weighted by Crippen LogP contribution is -2.28. The summed E-state index contributed by atoms with van der Waals surface area (Å²) in [4.78, 5) is 16.6. The topological polar surface area (TPSA) is 55.1 Å². The monoisotopic (exact) mass is 392 g/mol. The second-order valence-corrected chi connectivity index (χ2v) is 7.68. The first-order valence-corrected chi connectivity index (χ1v) is 10.1. The SMILES string of the molecule is C[C@H](NC(=O)CSCc1csc(-c2ccco2)n1)c1ccccc1Cl. The Kier molecular flexibility index (Phi) is 6.18. The van der Waals surface area contributed by atoms with E-state index in [1.54, 1.807) is 17.6 Å². The van der Waals surface area contributed by atoms with Gasteiger partial charge in [-0.2, -0.15) is 0 Å². The van der Waals surface area contributed by atoms with Crippen molar-refractivity contribution in [2.75, 3.05) is 5.75 Å². The normalized spacial score (nSPS) is 12.1. The lowest BCUT2D eigenvalue weighted by Gasteiger charge is -2.15. The molecule has 25 heavy (non-hydrogen) atoms. The van der Waals surface area contributed by atoms with E-state index in [2.05, 4.69) is 10.3 Å². The molecule has 2 aromatic heterocycles. The van der Waals surface area contributed by atoms with Crippen LogP contribution in [0.5, 0.6) is 0 Å². The van der Waals surface area contributed by atoms with Gasteiger partial charge < -0.3 is 9.73 Å². The van der Waals surface area contributed by atoms with Crippen LogP contribution in [0.3, 0.4) is 0 Å². The van der Waals surface area contributed by atoms with Gasteiger partial charge >= 0.3 is 0 Å². The molecular weight excluding hydrogens is 376 g/mol. The lowest BCUT2D eigenvalue weighted by atomic mass is 10.1. The van der Waals surface area contributed by atoms with Gasteiger partial charge in [-0.15, -0.1) is 23.1 Å². The van der Waals surface area contributed by atoms with Crippen molar-refractivity contribution < 1.29 is 9.21 Å². The summed E-state index contributed by atoms with van der Waals surface area (Å²) in [6.07, 6.45) is 1.63. The molecule has 1 amide bonds. The standard InChI is InChI=1S/C18H17ClN2O2S2/c1-12(14-5-2-3-6-15(14)19)20-17(22)11-24-9-13-10-25-18(21-13)16-7-4-8-23-16/h2-8,10,12H,9,11H2,1H3,(H,20,22)/t12-/m0/s1. The number of furan rings is 1. The van der Waals surface area contributed by atoms with E-state index in [-0.39, 0.29) is 11.9 Å². The van der Waals surface area contributed by atoms with Crippen molar-refractivity contribution in [2.45, 2.75) is 18.7 Å². The Bertz CT molecular complexity index is 833. The molecule has 1 aromatic carbocycles. The Morgan fingerprint density at radius 2 is 2.20 bits per heavy atom. The third-order valence-corrected chi connectivity index (χ3v) is 5.73. The predicted octanol–water partition coefficient (Wildman–Crippen LogP) is 5.17. The molecule has 0 saturated heterocycles. The molecule has 0 aliphatic rings. The Balaban J connectivity index is 1.46. The average Bonchev–Trinajstić information content (AvgIpc) is 3.26. The van der Waals surface area contributed by atoms with Gasteiger partial charge in [-0.3, -0.25) is 4.79 Å². The van der Waals surface area contributed by atoms with Crippen LogP contribution in [-0.2, 0) is 10.5 Å². The number of hydrogen-bond acceptors (Lipinski definition) is 5. The molecule has 3 rings (SSSR count). The molecular formula is C18H17ClN2O2S2. The second kappa shape index (κ2) is 8.56. The van der Waals surface area contributed by atoms with E-state index in [1.165, 1.54) is 11.8 Å². The highest BCUT2D eigenvalue weighted by Gasteiger charge is 2.13. The van der Waals surface area contributed by atoms with Gasteiger partial charge in [0.2, 0.25) is 5.91 Å². The Hall–Kier alpha value is -1.76. The third-order valence-electron chi connectivity index (χ3n) is 3.52. The molecule has 0 unspecified atom stereocenters. The zero-order valence-electron chi connectivity index (χ0n) is 13.6. The summed E-state index contributed by atoms with van der Waals surface area (Å²) in [5.41, 5.74) is 1.87. The number of carbonyl (C=O) groups excluding carboxylic acids is 1. The molecule has 3 aromatic rings. The van der Waals surface area contributed by atoms with E-state index in [9.17, 15) is 4.79 Å². The fraction of sp³-hybridized carbons (Fsp3) is 0.222. The zero-order chi connectivity index (χ0) is 17.6. The Morgan fingerprint density at radius 1 is 1.36 bits per heavy atom. The summed E-state index contributed by atoms with van der Waals surface area (Å²) in [7, 11) is 0. The van der Waals surface area contributed by atoms with E-state index in [0.717, 1.165) is 22.0 Å².